The van der Waals surface area contributed by atoms with Crippen molar-refractivity contribution >= 4 is 29.5 Å². The minimum atomic E-state index is -0.777. The summed E-state index contributed by atoms with van der Waals surface area (Å²) in [7, 11) is 0. The van der Waals surface area contributed by atoms with Crippen LogP contribution in [0, 0.1) is 6.92 Å². The molecule has 0 heterocycles. The number of hydrogen-bond acceptors (Lipinski definition) is 5. The number of phenols is 1. The number of alkyl carbamates (subject to hydrolysis) is 1. The van der Waals surface area contributed by atoms with Crippen LogP contribution in [-0.2, 0) is 11.2 Å². The summed E-state index contributed by atoms with van der Waals surface area (Å²) in [6.07, 6.45) is 2.02. The fraction of sp³-hybridized carbons (Fsp3) is 0.480. The molecule has 0 aromatic heterocycles. The number of aryl methyl sites for hydroxylation is 2. The number of carbonyl (C=O) groups excluding carboxylic acids is 1. The van der Waals surface area contributed by atoms with Crippen molar-refractivity contribution in [3.8, 4) is 5.75 Å². The van der Waals surface area contributed by atoms with Crippen LogP contribution in [0.3, 0.4) is 0 Å². The summed E-state index contributed by atoms with van der Waals surface area (Å²) in [6, 6.07) is 11.3. The normalized spacial score (nSPS) is 13.5. The molecular weight excluding hydrogens is 446 g/mol. The maximum Gasteiger partial charge on any atom is 0.408 e. The first-order chi connectivity index (χ1) is 15.0. The summed E-state index contributed by atoms with van der Waals surface area (Å²) in [5, 5.41) is 23.7. The Labute approximate surface area is 200 Å². The number of carbonyl (C=O) groups is 1. The first-order valence-electron chi connectivity index (χ1n) is 10.8. The largest absolute Gasteiger partial charge is 0.507 e. The molecule has 176 valence electrons. The number of benzene rings is 2. The maximum atomic E-state index is 12.4. The van der Waals surface area contributed by atoms with Gasteiger partial charge in [0, 0.05) is 9.92 Å². The highest BCUT2D eigenvalue weighted by atomic mass is 35.5. The number of phenolic OH excluding ortho intramolecular Hbond substituents is 1. The number of aliphatic hydroxyl groups excluding tert-OH is 1. The highest BCUT2D eigenvalue weighted by molar-refractivity contribution is 7.99. The third kappa shape index (κ3) is 7.91. The Morgan fingerprint density at radius 1 is 1.16 bits per heavy atom. The van der Waals surface area contributed by atoms with Gasteiger partial charge in [0.05, 0.1) is 17.0 Å². The van der Waals surface area contributed by atoms with Crippen LogP contribution in [0.2, 0.25) is 5.02 Å². The van der Waals surface area contributed by atoms with E-state index in [9.17, 15) is 15.0 Å². The lowest BCUT2D eigenvalue weighted by Gasteiger charge is -2.34. The lowest BCUT2D eigenvalue weighted by atomic mass is 9.87. The maximum absolute atomic E-state index is 12.4. The molecule has 0 aliphatic heterocycles. The van der Waals surface area contributed by atoms with Crippen LogP contribution in [0.15, 0.2) is 46.2 Å². The minimum Gasteiger partial charge on any atom is -0.507 e. The number of aliphatic hydroxyl groups is 1. The van der Waals surface area contributed by atoms with E-state index in [1.54, 1.807) is 6.07 Å². The Hall–Kier alpha value is -1.89. The summed E-state index contributed by atoms with van der Waals surface area (Å²) >= 11 is 8.01. The predicted molar refractivity (Wildman–Crippen MR) is 131 cm³/mol. The second kappa shape index (κ2) is 11.3. The van der Waals surface area contributed by atoms with Gasteiger partial charge in [0.15, 0.2) is 0 Å². The van der Waals surface area contributed by atoms with E-state index in [4.69, 9.17) is 16.3 Å². The average molecular weight is 480 g/mol. The molecule has 0 saturated carbocycles. The quantitative estimate of drug-likeness (QED) is 0.383. The Morgan fingerprint density at radius 2 is 1.88 bits per heavy atom. The molecule has 0 aliphatic rings. The summed E-state index contributed by atoms with van der Waals surface area (Å²) < 4.78 is 5.40. The summed E-state index contributed by atoms with van der Waals surface area (Å²) in [6.45, 7) is 9.24. The molecule has 0 unspecified atom stereocenters. The third-order valence-electron chi connectivity index (χ3n) is 5.04. The zero-order chi connectivity index (χ0) is 23.9. The van der Waals surface area contributed by atoms with Crippen molar-refractivity contribution in [1.29, 1.82) is 0 Å². The molecule has 2 aromatic carbocycles. The lowest BCUT2D eigenvalue weighted by Crippen LogP contribution is -2.53. The molecular formula is C25H34ClNO4S. The Balaban J connectivity index is 2.12. The molecule has 2 aromatic rings. The smallest absolute Gasteiger partial charge is 0.408 e. The molecule has 0 bridgehead atoms. The number of aromatic hydroxyl groups is 1. The van der Waals surface area contributed by atoms with Crippen molar-refractivity contribution < 1.29 is 19.7 Å². The first-order valence-corrected chi connectivity index (χ1v) is 12.0. The van der Waals surface area contributed by atoms with Crippen molar-refractivity contribution in [2.75, 3.05) is 6.61 Å². The van der Waals surface area contributed by atoms with E-state index in [0.717, 1.165) is 27.3 Å². The number of rotatable bonds is 9. The van der Waals surface area contributed by atoms with Crippen LogP contribution < -0.4 is 5.32 Å². The molecule has 1 atom stereocenters. The standard InChI is InChI=1S/C25H34ClNO4S/c1-6-12-25(16-28,27-23(30)31-24(3,4)5)13-11-18-8-9-19(15-20(18)26)32-22-14-17(2)7-10-21(22)29/h7-10,14-15,28-29H,6,11-13,16H2,1-5H3,(H,27,30)/t25-/m0/s1. The molecule has 0 spiro atoms. The number of nitrogens with one attached hydrogen (secondary N) is 1. The van der Waals surface area contributed by atoms with Gasteiger partial charge in [-0.3, -0.25) is 0 Å². The van der Waals surface area contributed by atoms with E-state index in [1.807, 2.05) is 65.0 Å². The van der Waals surface area contributed by atoms with Crippen LogP contribution in [0.1, 0.15) is 58.1 Å². The number of hydrogen-bond donors (Lipinski definition) is 3. The minimum absolute atomic E-state index is 0.182. The first kappa shape index (κ1) is 26.4. The second-order valence-corrected chi connectivity index (χ2v) is 10.7. The van der Waals surface area contributed by atoms with E-state index in [2.05, 4.69) is 5.32 Å². The van der Waals surface area contributed by atoms with Gasteiger partial charge in [-0.1, -0.05) is 48.8 Å². The van der Waals surface area contributed by atoms with Crippen molar-refractivity contribution in [1.82, 2.24) is 5.32 Å². The number of halogens is 1. The topological polar surface area (TPSA) is 78.8 Å². The van der Waals surface area contributed by atoms with Crippen LogP contribution in [0.4, 0.5) is 4.79 Å². The van der Waals surface area contributed by atoms with Crippen molar-refractivity contribution in [3.63, 3.8) is 0 Å². The number of amides is 1. The van der Waals surface area contributed by atoms with Gasteiger partial charge in [0.1, 0.15) is 11.4 Å². The van der Waals surface area contributed by atoms with Crippen LogP contribution in [0.25, 0.3) is 0 Å². The molecule has 2 rings (SSSR count). The molecule has 0 fully saturated rings. The van der Waals surface area contributed by atoms with Crippen molar-refractivity contribution in [2.24, 2.45) is 0 Å². The van der Waals surface area contributed by atoms with Crippen molar-refractivity contribution in [3.05, 3.63) is 52.5 Å². The SMILES string of the molecule is CCC[C@@](CO)(CCc1ccc(Sc2cc(C)ccc2O)cc1Cl)NC(=O)OC(C)(C)C. The van der Waals surface area contributed by atoms with Gasteiger partial charge in [-0.25, -0.2) is 4.79 Å². The fourth-order valence-corrected chi connectivity index (χ4v) is 4.77. The van der Waals surface area contributed by atoms with Gasteiger partial charge in [0.25, 0.3) is 0 Å². The van der Waals surface area contributed by atoms with Crippen LogP contribution >= 0.6 is 23.4 Å². The van der Waals surface area contributed by atoms with Gasteiger partial charge >= 0.3 is 6.09 Å². The predicted octanol–water partition coefficient (Wildman–Crippen LogP) is 6.49. The number of ether oxygens (including phenoxy) is 1. The Bertz CT molecular complexity index is 929. The molecule has 0 saturated heterocycles. The van der Waals surface area contributed by atoms with Gasteiger partial charge in [0.2, 0.25) is 0 Å². The summed E-state index contributed by atoms with van der Waals surface area (Å²) in [4.78, 5) is 14.1. The molecule has 0 aliphatic carbocycles. The molecule has 32 heavy (non-hydrogen) atoms. The van der Waals surface area contributed by atoms with Crippen LogP contribution in [-0.4, -0.2) is 34.1 Å². The zero-order valence-corrected chi connectivity index (χ0v) is 21.1. The van der Waals surface area contributed by atoms with Gasteiger partial charge < -0.3 is 20.3 Å². The van der Waals surface area contributed by atoms with E-state index >= 15 is 0 Å². The summed E-state index contributed by atoms with van der Waals surface area (Å²) in [5.74, 6) is 0.237. The molecule has 5 nitrogen and oxygen atoms in total. The highest BCUT2D eigenvalue weighted by Crippen LogP contribution is 2.37. The van der Waals surface area contributed by atoms with Gasteiger partial charge in [-0.05, 0) is 82.3 Å². The molecule has 3 N–H and O–H groups in total. The monoisotopic (exact) mass is 479 g/mol. The molecule has 7 heteroatoms. The van der Waals surface area contributed by atoms with Gasteiger partial charge in [-0.2, -0.15) is 0 Å². The van der Waals surface area contributed by atoms with E-state index in [1.165, 1.54) is 11.8 Å². The van der Waals surface area contributed by atoms with E-state index in [-0.39, 0.29) is 12.4 Å². The van der Waals surface area contributed by atoms with E-state index in [0.29, 0.717) is 24.3 Å². The zero-order valence-electron chi connectivity index (χ0n) is 19.5. The molecule has 1 amide bonds. The Morgan fingerprint density at radius 3 is 2.47 bits per heavy atom. The fourth-order valence-electron chi connectivity index (χ4n) is 3.44. The third-order valence-corrected chi connectivity index (χ3v) is 6.43. The Kier molecular flexibility index (Phi) is 9.31. The highest BCUT2D eigenvalue weighted by Gasteiger charge is 2.32. The van der Waals surface area contributed by atoms with E-state index < -0.39 is 17.2 Å². The van der Waals surface area contributed by atoms with Gasteiger partial charge in [-0.15, -0.1) is 0 Å². The molecule has 0 radical (unpaired) electrons. The second-order valence-electron chi connectivity index (χ2n) is 9.14. The average Bonchev–Trinajstić information content (AvgIpc) is 2.68. The summed E-state index contributed by atoms with van der Waals surface area (Å²) in [5.41, 5.74) is 0.618. The lowest BCUT2D eigenvalue weighted by molar-refractivity contribution is 0.0373. The van der Waals surface area contributed by atoms with Crippen molar-refractivity contribution in [2.45, 2.75) is 81.2 Å². The van der Waals surface area contributed by atoms with Crippen LogP contribution in [0.5, 0.6) is 5.75 Å².